The first kappa shape index (κ1) is 16.1. The van der Waals surface area contributed by atoms with E-state index in [9.17, 15) is 9.18 Å². The fourth-order valence-electron chi connectivity index (χ4n) is 1.98. The molecule has 0 saturated heterocycles. The Hall–Kier alpha value is -2.27. The van der Waals surface area contributed by atoms with Crippen LogP contribution in [-0.2, 0) is 0 Å². The van der Waals surface area contributed by atoms with E-state index in [1.54, 1.807) is 12.1 Å². The number of amides is 1. The van der Waals surface area contributed by atoms with Crippen LogP contribution in [0.4, 0.5) is 10.1 Å². The summed E-state index contributed by atoms with van der Waals surface area (Å²) in [6.45, 7) is 1.81. The number of aryl methyl sites for hydroxylation is 1. The number of methoxy groups -OCH3 is 2. The second-order valence-electron chi connectivity index (χ2n) is 4.63. The van der Waals surface area contributed by atoms with Gasteiger partial charge in [0.25, 0.3) is 5.91 Å². The van der Waals surface area contributed by atoms with Gasteiger partial charge in [0.2, 0.25) is 0 Å². The molecule has 0 heterocycles. The van der Waals surface area contributed by atoms with Crippen LogP contribution in [0, 0.1) is 12.7 Å². The summed E-state index contributed by atoms with van der Waals surface area (Å²) in [5.41, 5.74) is 1.18. The molecule has 0 fully saturated rings. The molecule has 0 spiro atoms. The molecule has 2 aromatic carbocycles. The van der Waals surface area contributed by atoms with Gasteiger partial charge in [0.15, 0.2) is 11.5 Å². The molecular weight excluding hydrogens is 309 g/mol. The third kappa shape index (κ3) is 3.31. The monoisotopic (exact) mass is 323 g/mol. The maximum atomic E-state index is 13.7. The third-order valence-electron chi connectivity index (χ3n) is 3.07. The minimum atomic E-state index is -0.509. The Morgan fingerprint density at radius 1 is 1.18 bits per heavy atom. The maximum Gasteiger partial charge on any atom is 0.255 e. The minimum absolute atomic E-state index is 0.107. The van der Waals surface area contributed by atoms with E-state index in [0.717, 1.165) is 5.56 Å². The highest BCUT2D eigenvalue weighted by Crippen LogP contribution is 2.36. The first-order valence-electron chi connectivity index (χ1n) is 6.45. The van der Waals surface area contributed by atoms with Crippen molar-refractivity contribution in [2.24, 2.45) is 0 Å². The van der Waals surface area contributed by atoms with E-state index in [1.807, 2.05) is 6.92 Å². The smallest absolute Gasteiger partial charge is 0.255 e. The van der Waals surface area contributed by atoms with E-state index in [-0.39, 0.29) is 16.3 Å². The summed E-state index contributed by atoms with van der Waals surface area (Å²) in [4.78, 5) is 12.3. The van der Waals surface area contributed by atoms with Gasteiger partial charge in [0, 0.05) is 5.56 Å². The van der Waals surface area contributed by atoms with Gasteiger partial charge in [0.1, 0.15) is 5.82 Å². The van der Waals surface area contributed by atoms with Crippen molar-refractivity contribution in [3.8, 4) is 11.5 Å². The van der Waals surface area contributed by atoms with Gasteiger partial charge in [-0.1, -0.05) is 17.7 Å². The molecule has 0 aliphatic heterocycles. The zero-order valence-corrected chi connectivity index (χ0v) is 13.1. The molecule has 1 amide bonds. The van der Waals surface area contributed by atoms with Crippen LogP contribution in [0.1, 0.15) is 15.9 Å². The van der Waals surface area contributed by atoms with Gasteiger partial charge in [-0.2, -0.15) is 0 Å². The summed E-state index contributed by atoms with van der Waals surface area (Å²) in [5, 5.41) is 2.75. The van der Waals surface area contributed by atoms with Crippen molar-refractivity contribution >= 4 is 23.2 Å². The lowest BCUT2D eigenvalue weighted by Gasteiger charge is -2.12. The zero-order valence-electron chi connectivity index (χ0n) is 12.4. The van der Waals surface area contributed by atoms with Crippen molar-refractivity contribution in [3.05, 3.63) is 52.3 Å². The number of benzene rings is 2. The first-order chi connectivity index (χ1) is 10.5. The van der Waals surface area contributed by atoms with E-state index in [4.69, 9.17) is 21.1 Å². The highest BCUT2D eigenvalue weighted by atomic mass is 35.5. The lowest BCUT2D eigenvalue weighted by atomic mass is 10.1. The number of hydrogen-bond acceptors (Lipinski definition) is 3. The van der Waals surface area contributed by atoms with Crippen LogP contribution in [0.5, 0.6) is 11.5 Å². The zero-order chi connectivity index (χ0) is 16.3. The van der Waals surface area contributed by atoms with Crippen LogP contribution >= 0.6 is 11.6 Å². The molecule has 6 heteroatoms. The van der Waals surface area contributed by atoms with Crippen molar-refractivity contribution in [1.82, 2.24) is 0 Å². The third-order valence-corrected chi connectivity index (χ3v) is 3.35. The van der Waals surface area contributed by atoms with E-state index in [1.165, 1.54) is 32.4 Å². The average Bonchev–Trinajstić information content (AvgIpc) is 2.49. The summed E-state index contributed by atoms with van der Waals surface area (Å²) >= 11 is 6.06. The molecule has 0 aliphatic rings. The summed E-state index contributed by atoms with van der Waals surface area (Å²) in [6.07, 6.45) is 0. The quantitative estimate of drug-likeness (QED) is 0.923. The number of ether oxygens (including phenoxy) is 2. The Morgan fingerprint density at radius 3 is 2.55 bits per heavy atom. The Kier molecular flexibility index (Phi) is 4.88. The fraction of sp³-hybridized carbons (Fsp3) is 0.188. The van der Waals surface area contributed by atoms with Gasteiger partial charge in [0.05, 0.1) is 24.9 Å². The first-order valence-corrected chi connectivity index (χ1v) is 6.83. The number of hydrogen-bond donors (Lipinski definition) is 1. The number of carbonyl (C=O) groups excluding carboxylic acids is 1. The predicted octanol–water partition coefficient (Wildman–Crippen LogP) is 4.06. The highest BCUT2D eigenvalue weighted by Gasteiger charge is 2.16. The van der Waals surface area contributed by atoms with Crippen LogP contribution in [-0.4, -0.2) is 20.1 Å². The highest BCUT2D eigenvalue weighted by molar-refractivity contribution is 6.32. The number of nitrogens with one attached hydrogen (secondary N) is 1. The van der Waals surface area contributed by atoms with Gasteiger partial charge < -0.3 is 14.8 Å². The van der Waals surface area contributed by atoms with Crippen molar-refractivity contribution < 1.29 is 18.7 Å². The summed E-state index contributed by atoms with van der Waals surface area (Å²) < 4.78 is 23.9. The number of rotatable bonds is 4. The average molecular weight is 324 g/mol. The Bertz CT molecular complexity index is 719. The van der Waals surface area contributed by atoms with Crippen LogP contribution in [0.2, 0.25) is 5.02 Å². The Balaban J connectivity index is 2.34. The molecule has 0 radical (unpaired) electrons. The van der Waals surface area contributed by atoms with E-state index >= 15 is 0 Å². The van der Waals surface area contributed by atoms with Gasteiger partial charge in [-0.25, -0.2) is 4.39 Å². The molecule has 0 unspecified atom stereocenters. The molecule has 116 valence electrons. The summed E-state index contributed by atoms with van der Waals surface area (Å²) in [5.74, 6) is -0.342. The second-order valence-corrected chi connectivity index (χ2v) is 5.04. The Morgan fingerprint density at radius 2 is 1.91 bits per heavy atom. The number of halogens is 2. The summed E-state index contributed by atoms with van der Waals surface area (Å²) in [7, 11) is 2.89. The topological polar surface area (TPSA) is 47.6 Å². The van der Waals surface area contributed by atoms with Crippen molar-refractivity contribution in [3.63, 3.8) is 0 Å². The molecule has 0 saturated carbocycles. The van der Waals surface area contributed by atoms with Crippen molar-refractivity contribution in [1.29, 1.82) is 0 Å². The van der Waals surface area contributed by atoms with Crippen LogP contribution in [0.15, 0.2) is 30.3 Å². The standard InChI is InChI=1S/C16H15ClFNO3/c1-9-4-5-12(18)13(6-9)19-16(20)10-7-11(17)15(22-3)14(8-10)21-2/h4-8H,1-3H3,(H,19,20). The largest absolute Gasteiger partial charge is 0.493 e. The molecule has 22 heavy (non-hydrogen) atoms. The fourth-order valence-corrected chi connectivity index (χ4v) is 2.27. The van der Waals surface area contributed by atoms with E-state index in [2.05, 4.69) is 5.32 Å². The Labute approximate surface area is 132 Å². The number of anilines is 1. The second kappa shape index (κ2) is 6.66. The van der Waals surface area contributed by atoms with Gasteiger partial charge in [-0.05, 0) is 36.8 Å². The molecule has 0 aromatic heterocycles. The summed E-state index contributed by atoms with van der Waals surface area (Å²) in [6, 6.07) is 7.39. The molecule has 0 bridgehead atoms. The molecule has 2 aromatic rings. The molecule has 0 atom stereocenters. The molecule has 0 aliphatic carbocycles. The van der Waals surface area contributed by atoms with Gasteiger partial charge >= 0.3 is 0 Å². The maximum absolute atomic E-state index is 13.7. The predicted molar refractivity (Wildman–Crippen MR) is 83.6 cm³/mol. The SMILES string of the molecule is COc1cc(C(=O)Nc2cc(C)ccc2F)cc(Cl)c1OC. The minimum Gasteiger partial charge on any atom is -0.493 e. The van der Waals surface area contributed by atoms with Gasteiger partial charge in [-0.15, -0.1) is 0 Å². The van der Waals surface area contributed by atoms with Crippen LogP contribution < -0.4 is 14.8 Å². The lowest BCUT2D eigenvalue weighted by molar-refractivity contribution is 0.102. The lowest BCUT2D eigenvalue weighted by Crippen LogP contribution is -2.13. The van der Waals surface area contributed by atoms with Crippen molar-refractivity contribution in [2.75, 3.05) is 19.5 Å². The van der Waals surface area contributed by atoms with E-state index < -0.39 is 11.7 Å². The molecule has 1 N–H and O–H groups in total. The molecular formula is C16H15ClFNO3. The van der Waals surface area contributed by atoms with Crippen molar-refractivity contribution in [2.45, 2.75) is 6.92 Å². The molecule has 2 rings (SSSR count). The van der Waals surface area contributed by atoms with Gasteiger partial charge in [-0.3, -0.25) is 4.79 Å². The van der Waals surface area contributed by atoms with Crippen LogP contribution in [0.3, 0.4) is 0 Å². The number of carbonyl (C=O) groups is 1. The van der Waals surface area contributed by atoms with E-state index in [0.29, 0.717) is 11.5 Å². The normalized spacial score (nSPS) is 10.2. The molecule has 4 nitrogen and oxygen atoms in total. The van der Waals surface area contributed by atoms with Crippen LogP contribution in [0.25, 0.3) is 0 Å².